The summed E-state index contributed by atoms with van der Waals surface area (Å²) in [5.74, 6) is -0.557. The number of hydrogen-bond acceptors (Lipinski definition) is 6. The number of phenols is 1. The predicted molar refractivity (Wildman–Crippen MR) is 144 cm³/mol. The molecular formula is C25H33Cl3N2O4S. The van der Waals surface area contributed by atoms with Crippen molar-refractivity contribution < 1.29 is 19.4 Å². The highest BCUT2D eigenvalue weighted by Crippen LogP contribution is 2.52. The predicted octanol–water partition coefficient (Wildman–Crippen LogP) is 5.75. The molecule has 0 unspecified atom stereocenters. The minimum absolute atomic E-state index is 0.244. The number of phenolic OH excluding ortho intramolecular Hbond substituents is 1. The van der Waals surface area contributed by atoms with Gasteiger partial charge >= 0.3 is 5.97 Å². The molecular weight excluding hydrogens is 531 g/mol. The van der Waals surface area contributed by atoms with Crippen LogP contribution in [0, 0.1) is 0 Å². The number of fused-ring (bicyclic) bond motifs is 1. The summed E-state index contributed by atoms with van der Waals surface area (Å²) >= 11 is 18.6. The van der Waals surface area contributed by atoms with E-state index in [2.05, 4.69) is 4.99 Å². The third kappa shape index (κ3) is 5.89. The highest BCUT2D eigenvalue weighted by atomic mass is 35.6. The standard InChI is InChI=1S/C25H33Cl3N2O4S/c1-22(2,3)14-9-13(10-15(17(14)31)23(4,5)6)11-29-16-19(32)30-18(24(7,8)35-20(16)30)21(33)34-12-25(26,27)28/h9-11,16,18,20,31H,12H2,1-8H3/t16-,18+,20-/m1/s1. The second kappa shape index (κ2) is 9.30. The summed E-state index contributed by atoms with van der Waals surface area (Å²) in [6.45, 7) is 15.6. The summed E-state index contributed by atoms with van der Waals surface area (Å²) in [7, 11) is 0. The molecule has 0 radical (unpaired) electrons. The van der Waals surface area contributed by atoms with Gasteiger partial charge in [-0.15, -0.1) is 11.8 Å². The molecule has 6 nitrogen and oxygen atoms in total. The van der Waals surface area contributed by atoms with Crippen molar-refractivity contribution in [2.24, 2.45) is 4.99 Å². The van der Waals surface area contributed by atoms with Gasteiger partial charge < -0.3 is 14.7 Å². The lowest BCUT2D eigenvalue weighted by Gasteiger charge is -2.41. The molecule has 0 spiro atoms. The van der Waals surface area contributed by atoms with Crippen molar-refractivity contribution in [1.82, 2.24) is 4.90 Å². The molecule has 0 saturated carbocycles. The number of benzene rings is 1. The van der Waals surface area contributed by atoms with E-state index in [0.717, 1.165) is 16.7 Å². The van der Waals surface area contributed by atoms with Crippen LogP contribution in [0.1, 0.15) is 72.1 Å². The number of hydrogen-bond donors (Lipinski definition) is 1. The van der Waals surface area contributed by atoms with Gasteiger partial charge in [-0.25, -0.2) is 4.79 Å². The Hall–Kier alpha value is -1.15. The topological polar surface area (TPSA) is 79.2 Å². The van der Waals surface area contributed by atoms with E-state index in [1.54, 1.807) is 6.21 Å². The maximum atomic E-state index is 13.0. The Morgan fingerprint density at radius 3 is 2.11 bits per heavy atom. The van der Waals surface area contributed by atoms with Crippen molar-refractivity contribution in [1.29, 1.82) is 0 Å². The number of rotatable bonds is 4. The summed E-state index contributed by atoms with van der Waals surface area (Å²) in [5.41, 5.74) is 1.90. The van der Waals surface area contributed by atoms with E-state index in [-0.39, 0.29) is 27.9 Å². The maximum Gasteiger partial charge on any atom is 0.330 e. The molecule has 10 heteroatoms. The molecule has 2 saturated heterocycles. The van der Waals surface area contributed by atoms with Crippen LogP contribution >= 0.6 is 46.6 Å². The van der Waals surface area contributed by atoms with Crippen LogP contribution in [0.4, 0.5) is 0 Å². The van der Waals surface area contributed by atoms with Crippen molar-refractivity contribution in [3.8, 4) is 5.75 Å². The number of aliphatic imine (C=N–C) groups is 1. The van der Waals surface area contributed by atoms with Crippen LogP contribution in [0.25, 0.3) is 0 Å². The molecule has 194 valence electrons. The normalized spacial score (nSPS) is 24.5. The summed E-state index contributed by atoms with van der Waals surface area (Å²) < 4.78 is 2.87. The quantitative estimate of drug-likeness (QED) is 0.218. The van der Waals surface area contributed by atoms with Gasteiger partial charge in [0.05, 0.1) is 0 Å². The highest BCUT2D eigenvalue weighted by Gasteiger charge is 2.64. The number of nitrogens with zero attached hydrogens (tertiary/aromatic N) is 2. The Morgan fingerprint density at radius 2 is 1.66 bits per heavy atom. The lowest BCUT2D eigenvalue weighted by molar-refractivity contribution is -0.162. The van der Waals surface area contributed by atoms with Gasteiger partial charge in [-0.3, -0.25) is 9.79 Å². The molecule has 0 aliphatic carbocycles. The number of aromatic hydroxyl groups is 1. The van der Waals surface area contributed by atoms with Crippen LogP contribution in [0.2, 0.25) is 0 Å². The fourth-order valence-electron chi connectivity index (χ4n) is 4.38. The van der Waals surface area contributed by atoms with Crippen LogP contribution in [0.3, 0.4) is 0 Å². The number of carbonyl (C=O) groups is 2. The smallest absolute Gasteiger partial charge is 0.330 e. The molecule has 2 fully saturated rings. The fraction of sp³-hybridized carbons (Fsp3) is 0.640. The van der Waals surface area contributed by atoms with E-state index in [4.69, 9.17) is 39.5 Å². The first-order chi connectivity index (χ1) is 15.7. The third-order valence-corrected chi connectivity index (χ3v) is 8.03. The lowest BCUT2D eigenvalue weighted by Crippen LogP contribution is -2.65. The van der Waals surface area contributed by atoms with Crippen LogP contribution in [0.5, 0.6) is 5.75 Å². The lowest BCUT2D eigenvalue weighted by atomic mass is 9.78. The molecule has 0 bridgehead atoms. The monoisotopic (exact) mass is 562 g/mol. The Kier molecular flexibility index (Phi) is 7.55. The minimum atomic E-state index is -1.72. The Balaban J connectivity index is 1.86. The largest absolute Gasteiger partial charge is 0.507 e. The summed E-state index contributed by atoms with van der Waals surface area (Å²) in [6, 6.07) is 2.42. The molecule has 2 aliphatic heterocycles. The second-order valence-corrected chi connectivity index (χ2v) is 16.0. The van der Waals surface area contributed by atoms with Crippen LogP contribution in [0.15, 0.2) is 17.1 Å². The zero-order valence-electron chi connectivity index (χ0n) is 21.3. The number of alkyl halides is 3. The Morgan fingerprint density at radius 1 is 1.14 bits per heavy atom. The van der Waals surface area contributed by atoms with Gasteiger partial charge in [0.15, 0.2) is 6.04 Å². The van der Waals surface area contributed by atoms with E-state index in [1.807, 2.05) is 67.5 Å². The van der Waals surface area contributed by atoms with E-state index in [9.17, 15) is 14.7 Å². The first kappa shape index (κ1) is 28.4. The molecule has 1 N–H and O–H groups in total. The van der Waals surface area contributed by atoms with Gasteiger partial charge in [0.25, 0.3) is 5.91 Å². The SMILES string of the molecule is CC(C)(C)c1cc(C=N[C@@H]2C(=O)N3[C@@H]2SC(C)(C)[C@@H]3C(=O)OCC(Cl)(Cl)Cl)cc(C(C)(C)C)c1O. The van der Waals surface area contributed by atoms with Gasteiger partial charge in [0.2, 0.25) is 3.79 Å². The third-order valence-electron chi connectivity index (χ3n) is 6.15. The van der Waals surface area contributed by atoms with Crippen molar-refractivity contribution in [2.45, 2.75) is 92.2 Å². The average molecular weight is 564 g/mol. The highest BCUT2D eigenvalue weighted by molar-refractivity contribution is 8.01. The molecule has 3 rings (SSSR count). The van der Waals surface area contributed by atoms with Crippen molar-refractivity contribution in [3.05, 3.63) is 28.8 Å². The number of thioether (sulfide) groups is 1. The van der Waals surface area contributed by atoms with Crippen LogP contribution in [-0.4, -0.2) is 60.7 Å². The number of halogens is 3. The fourth-order valence-corrected chi connectivity index (χ4v) is 6.16. The average Bonchev–Trinajstić information content (AvgIpc) is 2.92. The van der Waals surface area contributed by atoms with Gasteiger partial charge in [-0.05, 0) is 42.4 Å². The van der Waals surface area contributed by atoms with Crippen molar-refractivity contribution in [3.63, 3.8) is 0 Å². The minimum Gasteiger partial charge on any atom is -0.507 e. The molecule has 1 amide bonds. The first-order valence-electron chi connectivity index (χ1n) is 11.4. The van der Waals surface area contributed by atoms with Crippen LogP contribution in [-0.2, 0) is 25.2 Å². The molecule has 2 heterocycles. The Bertz CT molecular complexity index is 1020. The summed E-state index contributed by atoms with van der Waals surface area (Å²) in [5, 5.41) is 10.6. The number of ether oxygens (including phenoxy) is 1. The molecule has 0 aromatic heterocycles. The van der Waals surface area contributed by atoms with Gasteiger partial charge in [0.1, 0.15) is 23.8 Å². The number of esters is 1. The van der Waals surface area contributed by atoms with E-state index >= 15 is 0 Å². The first-order valence-corrected chi connectivity index (χ1v) is 13.4. The van der Waals surface area contributed by atoms with Crippen molar-refractivity contribution >= 4 is 64.7 Å². The summed E-state index contributed by atoms with van der Waals surface area (Å²) in [4.78, 5) is 31.9. The van der Waals surface area contributed by atoms with Gasteiger partial charge in [-0.1, -0.05) is 76.3 Å². The zero-order valence-corrected chi connectivity index (χ0v) is 24.4. The second-order valence-electron chi connectivity index (χ2n) is 11.7. The van der Waals surface area contributed by atoms with Gasteiger partial charge in [0, 0.05) is 22.1 Å². The van der Waals surface area contributed by atoms with Gasteiger partial charge in [-0.2, -0.15) is 0 Å². The van der Waals surface area contributed by atoms with E-state index in [1.165, 1.54) is 16.7 Å². The number of carbonyl (C=O) groups excluding carboxylic acids is 2. The molecule has 1 aromatic carbocycles. The number of amides is 1. The Labute approximate surface area is 226 Å². The van der Waals surface area contributed by atoms with E-state index < -0.39 is 33.2 Å². The van der Waals surface area contributed by atoms with Crippen LogP contribution < -0.4 is 0 Å². The van der Waals surface area contributed by atoms with Crippen molar-refractivity contribution in [2.75, 3.05) is 6.61 Å². The maximum absolute atomic E-state index is 13.0. The molecule has 3 atom stereocenters. The summed E-state index contributed by atoms with van der Waals surface area (Å²) in [6.07, 6.45) is 1.69. The number of β-lactam (4-membered cyclic amide) rings is 1. The van der Waals surface area contributed by atoms with E-state index in [0.29, 0.717) is 0 Å². The molecule has 35 heavy (non-hydrogen) atoms. The molecule has 1 aromatic rings. The molecule has 2 aliphatic rings. The zero-order chi connectivity index (χ0) is 26.7.